The fraction of sp³-hybridized carbons (Fsp3) is 0.211. The Morgan fingerprint density at radius 1 is 1.21 bits per heavy atom. The highest BCUT2D eigenvalue weighted by atomic mass is 32.2. The van der Waals surface area contributed by atoms with Crippen LogP contribution >= 0.6 is 11.8 Å². The van der Waals surface area contributed by atoms with E-state index in [1.807, 2.05) is 31.2 Å². The minimum atomic E-state index is -0.488. The third-order valence-electron chi connectivity index (χ3n) is 4.00. The van der Waals surface area contributed by atoms with Gasteiger partial charge in [-0.25, -0.2) is 0 Å². The molecule has 28 heavy (non-hydrogen) atoms. The summed E-state index contributed by atoms with van der Waals surface area (Å²) in [5.41, 5.74) is 2.62. The van der Waals surface area contributed by atoms with Crippen molar-refractivity contribution >= 4 is 23.4 Å². The number of nitro benzene ring substituents is 1. The van der Waals surface area contributed by atoms with Gasteiger partial charge in [0.1, 0.15) is 0 Å². The molecule has 1 heterocycles. The number of nitro groups is 1. The summed E-state index contributed by atoms with van der Waals surface area (Å²) in [6, 6.07) is 14.0. The van der Waals surface area contributed by atoms with Crippen LogP contribution in [-0.2, 0) is 11.3 Å². The Bertz CT molecular complexity index is 988. The lowest BCUT2D eigenvalue weighted by atomic mass is 10.1. The highest BCUT2D eigenvalue weighted by molar-refractivity contribution is 7.99. The van der Waals surface area contributed by atoms with Crippen LogP contribution in [0, 0.1) is 17.0 Å². The number of carbonyl (C=O) groups is 1. The number of aromatic nitrogens is 2. The third-order valence-corrected chi connectivity index (χ3v) is 4.80. The van der Waals surface area contributed by atoms with Crippen LogP contribution < -0.4 is 0 Å². The van der Waals surface area contributed by atoms with E-state index in [9.17, 15) is 14.9 Å². The van der Waals surface area contributed by atoms with Crippen molar-refractivity contribution in [2.45, 2.75) is 18.7 Å². The molecule has 0 aliphatic carbocycles. The third kappa shape index (κ3) is 4.95. The monoisotopic (exact) mass is 398 g/mol. The summed E-state index contributed by atoms with van der Waals surface area (Å²) in [5.74, 6) is 0.256. The summed E-state index contributed by atoms with van der Waals surface area (Å²) in [6.07, 6.45) is 0. The van der Waals surface area contributed by atoms with Gasteiger partial charge in [0.25, 0.3) is 10.9 Å². The van der Waals surface area contributed by atoms with Gasteiger partial charge in [-0.1, -0.05) is 47.7 Å². The predicted octanol–water partition coefficient (Wildman–Crippen LogP) is 3.70. The first-order chi connectivity index (χ1) is 13.4. The molecule has 0 bridgehead atoms. The molecule has 8 nitrogen and oxygen atoms in total. The van der Waals surface area contributed by atoms with E-state index < -0.39 is 4.92 Å². The summed E-state index contributed by atoms with van der Waals surface area (Å²) in [7, 11) is 1.74. The van der Waals surface area contributed by atoms with E-state index in [2.05, 4.69) is 10.2 Å². The van der Waals surface area contributed by atoms with Crippen LogP contribution in [0.1, 0.15) is 11.1 Å². The van der Waals surface area contributed by atoms with Crippen molar-refractivity contribution < 1.29 is 14.1 Å². The van der Waals surface area contributed by atoms with Crippen LogP contribution in [0.3, 0.4) is 0 Å². The number of nitrogens with zero attached hydrogens (tertiary/aromatic N) is 4. The van der Waals surface area contributed by atoms with Crippen molar-refractivity contribution in [3.8, 4) is 11.5 Å². The maximum absolute atomic E-state index is 12.3. The van der Waals surface area contributed by atoms with Crippen molar-refractivity contribution in [2.75, 3.05) is 12.8 Å². The van der Waals surface area contributed by atoms with Crippen LogP contribution in [-0.4, -0.2) is 38.7 Å². The molecular formula is C19H18N4O4S. The lowest BCUT2D eigenvalue weighted by molar-refractivity contribution is -0.384. The molecule has 3 rings (SSSR count). The maximum Gasteiger partial charge on any atom is 0.277 e. The standard InChI is InChI=1S/C19H18N4O4S/c1-13-6-8-14(9-7-13)11-22(2)17(24)12-28-19-21-20-18(27-19)15-4-3-5-16(10-15)23(25)26/h3-10H,11-12H2,1-2H3. The first-order valence-electron chi connectivity index (χ1n) is 8.43. The van der Waals surface area contributed by atoms with Crippen LogP contribution in [0.15, 0.2) is 58.2 Å². The smallest absolute Gasteiger partial charge is 0.277 e. The van der Waals surface area contributed by atoms with E-state index in [0.29, 0.717) is 12.1 Å². The van der Waals surface area contributed by atoms with Crippen molar-refractivity contribution in [2.24, 2.45) is 0 Å². The predicted molar refractivity (Wildman–Crippen MR) is 105 cm³/mol. The molecule has 1 amide bonds. The molecule has 3 aromatic rings. The van der Waals surface area contributed by atoms with E-state index in [1.165, 1.54) is 17.7 Å². The van der Waals surface area contributed by atoms with Crippen molar-refractivity contribution in [3.05, 3.63) is 69.8 Å². The van der Waals surface area contributed by atoms with Gasteiger partial charge in [-0.15, -0.1) is 10.2 Å². The Kier molecular flexibility index (Phi) is 6.05. The Balaban J connectivity index is 1.57. The number of carbonyl (C=O) groups excluding carboxylic acids is 1. The van der Waals surface area contributed by atoms with Crippen LogP contribution in [0.2, 0.25) is 0 Å². The fourth-order valence-electron chi connectivity index (χ4n) is 2.43. The molecule has 0 radical (unpaired) electrons. The number of aryl methyl sites for hydroxylation is 1. The number of thioether (sulfide) groups is 1. The molecule has 2 aromatic carbocycles. The quantitative estimate of drug-likeness (QED) is 0.340. The molecular weight excluding hydrogens is 380 g/mol. The highest BCUT2D eigenvalue weighted by Crippen LogP contribution is 2.26. The average molecular weight is 398 g/mol. The van der Waals surface area contributed by atoms with E-state index in [0.717, 1.165) is 17.3 Å². The Labute approximate surface area is 165 Å². The molecule has 0 atom stereocenters. The van der Waals surface area contributed by atoms with Gasteiger partial charge in [-0.05, 0) is 18.6 Å². The summed E-state index contributed by atoms with van der Waals surface area (Å²) in [4.78, 5) is 24.3. The number of hydrogen-bond acceptors (Lipinski definition) is 7. The van der Waals surface area contributed by atoms with Crippen LogP contribution in [0.25, 0.3) is 11.5 Å². The number of amides is 1. The van der Waals surface area contributed by atoms with Gasteiger partial charge < -0.3 is 9.32 Å². The number of benzene rings is 2. The van der Waals surface area contributed by atoms with Crippen LogP contribution in [0.4, 0.5) is 5.69 Å². The van der Waals surface area contributed by atoms with Gasteiger partial charge in [0.15, 0.2) is 0 Å². The molecule has 0 unspecified atom stereocenters. The molecule has 0 N–H and O–H groups in total. The van der Waals surface area contributed by atoms with Crippen molar-refractivity contribution in [3.63, 3.8) is 0 Å². The second-order valence-electron chi connectivity index (χ2n) is 6.20. The average Bonchev–Trinajstić information content (AvgIpc) is 3.17. The minimum absolute atomic E-state index is 0.0576. The second kappa shape index (κ2) is 8.66. The highest BCUT2D eigenvalue weighted by Gasteiger charge is 2.15. The second-order valence-corrected chi connectivity index (χ2v) is 7.13. The molecule has 0 aliphatic rings. The molecule has 144 valence electrons. The minimum Gasteiger partial charge on any atom is -0.411 e. The summed E-state index contributed by atoms with van der Waals surface area (Å²) < 4.78 is 5.51. The molecule has 0 saturated heterocycles. The van der Waals surface area contributed by atoms with E-state index in [-0.39, 0.29) is 28.5 Å². The van der Waals surface area contributed by atoms with E-state index >= 15 is 0 Å². The molecule has 0 aliphatic heterocycles. The Hall–Kier alpha value is -3.20. The molecule has 0 saturated carbocycles. The molecule has 0 spiro atoms. The Morgan fingerprint density at radius 2 is 1.96 bits per heavy atom. The van der Waals surface area contributed by atoms with Gasteiger partial charge in [0, 0.05) is 31.3 Å². The topological polar surface area (TPSA) is 102 Å². The first-order valence-corrected chi connectivity index (χ1v) is 9.41. The number of rotatable bonds is 7. The summed E-state index contributed by atoms with van der Waals surface area (Å²) in [5, 5.41) is 18.9. The van der Waals surface area contributed by atoms with Crippen molar-refractivity contribution in [1.82, 2.24) is 15.1 Å². The fourth-order valence-corrected chi connectivity index (χ4v) is 3.13. The first kappa shape index (κ1) is 19.6. The normalized spacial score (nSPS) is 10.6. The van der Waals surface area contributed by atoms with Gasteiger partial charge in [-0.2, -0.15) is 0 Å². The zero-order valence-corrected chi connectivity index (χ0v) is 16.2. The van der Waals surface area contributed by atoms with Crippen molar-refractivity contribution in [1.29, 1.82) is 0 Å². The van der Waals surface area contributed by atoms with Crippen LogP contribution in [0.5, 0.6) is 0 Å². The van der Waals surface area contributed by atoms with Gasteiger partial charge in [0.2, 0.25) is 11.8 Å². The van der Waals surface area contributed by atoms with E-state index in [4.69, 9.17) is 4.42 Å². The lowest BCUT2D eigenvalue weighted by Gasteiger charge is -2.16. The zero-order chi connectivity index (χ0) is 20.1. The molecule has 9 heteroatoms. The van der Waals surface area contributed by atoms with E-state index in [1.54, 1.807) is 24.1 Å². The van der Waals surface area contributed by atoms with Gasteiger partial charge in [-0.3, -0.25) is 14.9 Å². The summed E-state index contributed by atoms with van der Waals surface area (Å²) in [6.45, 7) is 2.53. The Morgan fingerprint density at radius 3 is 2.68 bits per heavy atom. The molecule has 0 fully saturated rings. The zero-order valence-electron chi connectivity index (χ0n) is 15.4. The molecule has 1 aromatic heterocycles. The number of hydrogen-bond donors (Lipinski definition) is 0. The summed E-state index contributed by atoms with van der Waals surface area (Å²) >= 11 is 1.13. The number of non-ortho nitro benzene ring substituents is 1. The largest absolute Gasteiger partial charge is 0.411 e. The van der Waals surface area contributed by atoms with Gasteiger partial charge >= 0.3 is 0 Å². The lowest BCUT2D eigenvalue weighted by Crippen LogP contribution is -2.27. The SMILES string of the molecule is Cc1ccc(CN(C)C(=O)CSc2nnc(-c3cccc([N+](=O)[O-])c3)o2)cc1. The van der Waals surface area contributed by atoms with Gasteiger partial charge in [0.05, 0.1) is 10.7 Å². The maximum atomic E-state index is 12.3.